The van der Waals surface area contributed by atoms with Gasteiger partial charge in [-0.3, -0.25) is 18.8 Å². The SMILES string of the molecule is C[C@H](NC(=O)c1c(N)nn2cccnc12)c1nc2cccc(-c3cnn(C)c3)c2c(=O)n1-c1ccccc1. The number of aromatic nitrogens is 7. The van der Waals surface area contributed by atoms with Crippen LogP contribution >= 0.6 is 0 Å². The molecule has 0 unspecified atom stereocenters. The van der Waals surface area contributed by atoms with Gasteiger partial charge in [0.05, 0.1) is 28.8 Å². The minimum Gasteiger partial charge on any atom is -0.381 e. The zero-order chi connectivity index (χ0) is 26.4. The van der Waals surface area contributed by atoms with E-state index in [9.17, 15) is 9.59 Å². The minimum atomic E-state index is -0.667. The van der Waals surface area contributed by atoms with Crippen LogP contribution in [0.15, 0.2) is 84.2 Å². The summed E-state index contributed by atoms with van der Waals surface area (Å²) >= 11 is 0. The van der Waals surface area contributed by atoms with Gasteiger partial charge in [-0.25, -0.2) is 14.5 Å². The summed E-state index contributed by atoms with van der Waals surface area (Å²) in [4.78, 5) is 36.6. The van der Waals surface area contributed by atoms with Crippen molar-refractivity contribution < 1.29 is 4.79 Å². The fraction of sp³-hybridized carbons (Fsp3) is 0.111. The van der Waals surface area contributed by atoms with Crippen molar-refractivity contribution in [1.82, 2.24) is 39.2 Å². The van der Waals surface area contributed by atoms with E-state index in [0.29, 0.717) is 28.1 Å². The Morgan fingerprint density at radius 1 is 1.08 bits per heavy atom. The topological polar surface area (TPSA) is 138 Å². The van der Waals surface area contributed by atoms with Crippen LogP contribution in [0, 0.1) is 0 Å². The summed E-state index contributed by atoms with van der Waals surface area (Å²) < 4.78 is 4.66. The number of hydrogen-bond donors (Lipinski definition) is 2. The summed E-state index contributed by atoms with van der Waals surface area (Å²) in [6, 6.07) is 15.8. The number of carbonyl (C=O) groups excluding carboxylic acids is 1. The van der Waals surface area contributed by atoms with Crippen LogP contribution in [-0.4, -0.2) is 39.8 Å². The molecule has 0 aliphatic rings. The molecule has 188 valence electrons. The van der Waals surface area contributed by atoms with Gasteiger partial charge in [-0.05, 0) is 36.8 Å². The summed E-state index contributed by atoms with van der Waals surface area (Å²) in [5.41, 5.74) is 8.96. The molecule has 0 aliphatic heterocycles. The van der Waals surface area contributed by atoms with Crippen LogP contribution in [0.4, 0.5) is 5.82 Å². The van der Waals surface area contributed by atoms with Crippen molar-refractivity contribution in [1.29, 1.82) is 0 Å². The molecule has 11 heteroatoms. The Balaban J connectivity index is 1.51. The molecule has 11 nitrogen and oxygen atoms in total. The van der Waals surface area contributed by atoms with E-state index in [2.05, 4.69) is 20.5 Å². The molecule has 38 heavy (non-hydrogen) atoms. The van der Waals surface area contributed by atoms with Crippen molar-refractivity contribution in [3.8, 4) is 16.8 Å². The number of nitrogens with two attached hydrogens (primary N) is 1. The first kappa shape index (κ1) is 23.1. The molecule has 4 aromatic heterocycles. The normalized spacial score (nSPS) is 12.2. The highest BCUT2D eigenvalue weighted by atomic mass is 16.2. The highest BCUT2D eigenvalue weighted by molar-refractivity contribution is 6.04. The van der Waals surface area contributed by atoms with Crippen LogP contribution in [0.5, 0.6) is 0 Å². The molecule has 2 aromatic carbocycles. The molecule has 0 saturated carbocycles. The quantitative estimate of drug-likeness (QED) is 0.367. The third kappa shape index (κ3) is 3.77. The van der Waals surface area contributed by atoms with Crippen molar-refractivity contribution in [2.75, 3.05) is 5.73 Å². The van der Waals surface area contributed by atoms with Gasteiger partial charge in [0.15, 0.2) is 11.5 Å². The second-order valence-electron chi connectivity index (χ2n) is 8.89. The van der Waals surface area contributed by atoms with Crippen LogP contribution in [0.25, 0.3) is 33.4 Å². The lowest BCUT2D eigenvalue weighted by atomic mass is 10.0. The third-order valence-corrected chi connectivity index (χ3v) is 6.34. The molecular weight excluding hydrogens is 482 g/mol. The molecule has 1 atom stereocenters. The molecule has 0 radical (unpaired) electrons. The zero-order valence-electron chi connectivity index (χ0n) is 20.6. The highest BCUT2D eigenvalue weighted by Crippen LogP contribution is 2.27. The van der Waals surface area contributed by atoms with E-state index < -0.39 is 11.9 Å². The molecule has 1 amide bonds. The Morgan fingerprint density at radius 2 is 1.89 bits per heavy atom. The number of anilines is 1. The van der Waals surface area contributed by atoms with Crippen LogP contribution in [-0.2, 0) is 7.05 Å². The molecule has 4 heterocycles. The number of hydrogen-bond acceptors (Lipinski definition) is 7. The van der Waals surface area contributed by atoms with Crippen molar-refractivity contribution in [2.45, 2.75) is 13.0 Å². The Labute approximate surface area is 216 Å². The molecule has 0 spiro atoms. The number of benzene rings is 2. The molecule has 0 fully saturated rings. The summed E-state index contributed by atoms with van der Waals surface area (Å²) in [6.07, 6.45) is 6.80. The number of aryl methyl sites for hydroxylation is 1. The van der Waals surface area contributed by atoms with Gasteiger partial charge in [0, 0.05) is 31.2 Å². The van der Waals surface area contributed by atoms with Gasteiger partial charge in [0.1, 0.15) is 11.4 Å². The number of rotatable bonds is 5. The second kappa shape index (κ2) is 8.96. The van der Waals surface area contributed by atoms with E-state index in [1.807, 2.05) is 55.7 Å². The predicted octanol–water partition coefficient (Wildman–Crippen LogP) is 2.90. The standard InChI is InChI=1S/C27H23N9O2/c1-16(31-26(37)22-23(28)33-35-13-7-12-29-25(22)35)24-32-20-11-6-10-19(17-14-30-34(2)15-17)21(20)27(38)36(24)18-8-4-3-5-9-18/h3-16H,1-2H3,(H2,28,33)(H,31,37)/t16-/m0/s1. The Hall–Kier alpha value is -5.32. The smallest absolute Gasteiger partial charge is 0.266 e. The number of nitrogens with one attached hydrogen (secondary N) is 1. The van der Waals surface area contributed by atoms with Crippen LogP contribution in [0.1, 0.15) is 29.1 Å². The maximum atomic E-state index is 14.1. The second-order valence-corrected chi connectivity index (χ2v) is 8.89. The summed E-state index contributed by atoms with van der Waals surface area (Å²) in [7, 11) is 1.82. The number of para-hydroxylation sites is 1. The van der Waals surface area contributed by atoms with Gasteiger partial charge in [0.2, 0.25) is 0 Å². The zero-order valence-corrected chi connectivity index (χ0v) is 20.6. The first-order valence-electron chi connectivity index (χ1n) is 11.9. The van der Waals surface area contributed by atoms with E-state index in [1.54, 1.807) is 42.3 Å². The monoisotopic (exact) mass is 505 g/mol. The van der Waals surface area contributed by atoms with Crippen LogP contribution in [0.2, 0.25) is 0 Å². The van der Waals surface area contributed by atoms with Gasteiger partial charge >= 0.3 is 0 Å². The van der Waals surface area contributed by atoms with E-state index in [0.717, 1.165) is 11.1 Å². The van der Waals surface area contributed by atoms with Gasteiger partial charge in [-0.15, -0.1) is 5.10 Å². The molecular formula is C27H23N9O2. The van der Waals surface area contributed by atoms with E-state index >= 15 is 0 Å². The molecule has 0 aliphatic carbocycles. The lowest BCUT2D eigenvalue weighted by Gasteiger charge is -2.20. The van der Waals surface area contributed by atoms with Gasteiger partial charge < -0.3 is 11.1 Å². The molecule has 0 bridgehead atoms. The number of nitrogen functional groups attached to an aromatic ring is 1. The Morgan fingerprint density at radius 3 is 2.66 bits per heavy atom. The van der Waals surface area contributed by atoms with E-state index in [1.165, 1.54) is 9.08 Å². The third-order valence-electron chi connectivity index (χ3n) is 6.34. The van der Waals surface area contributed by atoms with Crippen molar-refractivity contribution in [3.05, 3.63) is 101 Å². The van der Waals surface area contributed by atoms with Gasteiger partial charge in [0.25, 0.3) is 11.5 Å². The largest absolute Gasteiger partial charge is 0.381 e. The highest BCUT2D eigenvalue weighted by Gasteiger charge is 2.25. The van der Waals surface area contributed by atoms with Crippen molar-refractivity contribution in [3.63, 3.8) is 0 Å². The number of fused-ring (bicyclic) bond motifs is 2. The predicted molar refractivity (Wildman–Crippen MR) is 143 cm³/mol. The Bertz CT molecular complexity index is 1890. The first-order chi connectivity index (χ1) is 18.4. The first-order valence-corrected chi connectivity index (χ1v) is 11.9. The fourth-order valence-electron chi connectivity index (χ4n) is 4.62. The average molecular weight is 506 g/mol. The van der Waals surface area contributed by atoms with E-state index in [-0.39, 0.29) is 16.9 Å². The minimum absolute atomic E-state index is 0.0569. The molecule has 6 rings (SSSR count). The summed E-state index contributed by atoms with van der Waals surface area (Å²) in [5, 5.41) is 11.8. The number of nitrogens with zero attached hydrogens (tertiary/aromatic N) is 7. The lowest BCUT2D eigenvalue weighted by Crippen LogP contribution is -2.33. The average Bonchev–Trinajstić information content (AvgIpc) is 3.50. The molecule has 0 saturated heterocycles. The summed E-state index contributed by atoms with van der Waals surface area (Å²) in [6.45, 7) is 1.77. The van der Waals surface area contributed by atoms with Crippen LogP contribution < -0.4 is 16.6 Å². The Kier molecular flexibility index (Phi) is 5.45. The summed E-state index contributed by atoms with van der Waals surface area (Å²) in [5.74, 6) is -0.0448. The maximum absolute atomic E-state index is 14.1. The fourth-order valence-corrected chi connectivity index (χ4v) is 4.62. The van der Waals surface area contributed by atoms with Gasteiger partial charge in [-0.1, -0.05) is 30.3 Å². The maximum Gasteiger partial charge on any atom is 0.266 e. The van der Waals surface area contributed by atoms with Crippen molar-refractivity contribution >= 4 is 28.3 Å². The number of carbonyl (C=O) groups is 1. The van der Waals surface area contributed by atoms with Crippen molar-refractivity contribution in [2.24, 2.45) is 7.05 Å². The number of amides is 1. The van der Waals surface area contributed by atoms with Gasteiger partial charge in [-0.2, -0.15) is 5.10 Å². The van der Waals surface area contributed by atoms with E-state index in [4.69, 9.17) is 10.7 Å². The molecule has 6 aromatic rings. The van der Waals surface area contributed by atoms with Crippen LogP contribution in [0.3, 0.4) is 0 Å². The molecule has 3 N–H and O–H groups in total. The lowest BCUT2D eigenvalue weighted by molar-refractivity contribution is 0.0940.